The fourth-order valence-electron chi connectivity index (χ4n) is 1.13. The predicted octanol–water partition coefficient (Wildman–Crippen LogP) is 0.879. The largest absolute Gasteiger partial charge is 0.394 e. The molecule has 0 radical (unpaired) electrons. The molecule has 6 heteroatoms. The molecule has 1 heterocycles. The number of carbonyl (C=O) groups is 1. The normalized spacial score (nSPS) is 12.2. The van der Waals surface area contributed by atoms with Crippen LogP contribution in [-0.2, 0) is 0 Å². The Bertz CT molecular complexity index is 398. The second-order valence-corrected chi connectivity index (χ2v) is 4.45. The highest BCUT2D eigenvalue weighted by atomic mass is 79.9. The summed E-state index contributed by atoms with van der Waals surface area (Å²) in [5.41, 5.74) is 5.96. The Balaban J connectivity index is 3.00. The summed E-state index contributed by atoms with van der Waals surface area (Å²) in [5, 5.41) is 8.97. The van der Waals surface area contributed by atoms with Gasteiger partial charge in [-0.2, -0.15) is 0 Å². The fraction of sp³-hybridized carbons (Fsp3) is 0.400. The molecule has 1 rings (SSSR count). The van der Waals surface area contributed by atoms with Crippen LogP contribution in [0.4, 0.5) is 5.82 Å². The molecule has 0 bridgehead atoms. The van der Waals surface area contributed by atoms with Crippen LogP contribution in [0.3, 0.4) is 0 Å². The third kappa shape index (κ3) is 2.70. The number of aliphatic hydroxyl groups excluding tert-OH is 1. The summed E-state index contributed by atoms with van der Waals surface area (Å²) in [6.07, 6.45) is 1.53. The van der Waals surface area contributed by atoms with E-state index in [0.29, 0.717) is 10.0 Å². The van der Waals surface area contributed by atoms with E-state index in [9.17, 15) is 4.79 Å². The lowest BCUT2D eigenvalue weighted by molar-refractivity contribution is 0.0683. The molecule has 0 aromatic carbocycles. The van der Waals surface area contributed by atoms with Gasteiger partial charge in [0.2, 0.25) is 0 Å². The van der Waals surface area contributed by atoms with Gasteiger partial charge in [-0.3, -0.25) is 4.79 Å². The van der Waals surface area contributed by atoms with Crippen LogP contribution in [0.25, 0.3) is 0 Å². The van der Waals surface area contributed by atoms with Crippen LogP contribution in [0.5, 0.6) is 0 Å². The van der Waals surface area contributed by atoms with Crippen molar-refractivity contribution in [3.63, 3.8) is 0 Å². The van der Waals surface area contributed by atoms with Gasteiger partial charge in [0.25, 0.3) is 5.91 Å². The second-order valence-electron chi connectivity index (χ2n) is 3.53. The van der Waals surface area contributed by atoms with Crippen molar-refractivity contribution in [1.29, 1.82) is 0 Å². The average molecular weight is 288 g/mol. The van der Waals surface area contributed by atoms with Crippen molar-refractivity contribution in [3.05, 3.63) is 22.3 Å². The van der Waals surface area contributed by atoms with Crippen molar-refractivity contribution in [2.75, 3.05) is 19.4 Å². The number of nitrogens with zero attached hydrogens (tertiary/aromatic N) is 2. The smallest absolute Gasteiger partial charge is 0.257 e. The number of rotatable bonds is 3. The monoisotopic (exact) mass is 287 g/mol. The highest BCUT2D eigenvalue weighted by Gasteiger charge is 2.19. The Morgan fingerprint density at radius 2 is 2.38 bits per heavy atom. The molecule has 0 aliphatic rings. The minimum Gasteiger partial charge on any atom is -0.394 e. The zero-order valence-corrected chi connectivity index (χ0v) is 10.7. The quantitative estimate of drug-likeness (QED) is 0.865. The summed E-state index contributed by atoms with van der Waals surface area (Å²) in [4.78, 5) is 17.3. The molecule has 1 amide bonds. The van der Waals surface area contributed by atoms with E-state index in [4.69, 9.17) is 10.8 Å². The van der Waals surface area contributed by atoms with Crippen molar-refractivity contribution >= 4 is 27.7 Å². The first-order valence-electron chi connectivity index (χ1n) is 4.76. The predicted molar refractivity (Wildman–Crippen MR) is 65.0 cm³/mol. The van der Waals surface area contributed by atoms with E-state index in [2.05, 4.69) is 20.9 Å². The molecule has 0 spiro atoms. The third-order valence-electron chi connectivity index (χ3n) is 2.36. The number of halogens is 1. The molecule has 0 aliphatic carbocycles. The van der Waals surface area contributed by atoms with Crippen LogP contribution in [0.1, 0.15) is 17.3 Å². The first-order chi connectivity index (χ1) is 7.47. The molecule has 1 unspecified atom stereocenters. The number of anilines is 1. The molecule has 1 aromatic rings. The van der Waals surface area contributed by atoms with Gasteiger partial charge in [0.05, 0.1) is 18.2 Å². The summed E-state index contributed by atoms with van der Waals surface area (Å²) < 4.78 is 0.690. The molecule has 0 fully saturated rings. The number of likely N-dealkylation sites (N-methyl/N-ethyl adjacent to an activating group) is 1. The minimum atomic E-state index is -0.258. The molecule has 1 aromatic heterocycles. The lowest BCUT2D eigenvalue weighted by atomic mass is 10.2. The summed E-state index contributed by atoms with van der Waals surface area (Å²) in [6.45, 7) is 1.66. The molecule has 5 nitrogen and oxygen atoms in total. The van der Waals surface area contributed by atoms with E-state index in [0.717, 1.165) is 0 Å². The first kappa shape index (κ1) is 12.9. The number of hydrogen-bond donors (Lipinski definition) is 2. The van der Waals surface area contributed by atoms with Crippen LogP contribution < -0.4 is 5.73 Å². The number of nitrogens with two attached hydrogens (primary N) is 1. The van der Waals surface area contributed by atoms with Gasteiger partial charge in [0, 0.05) is 17.7 Å². The number of carbonyl (C=O) groups excluding carboxylic acids is 1. The molecule has 0 saturated carbocycles. The maximum atomic E-state index is 12.0. The number of pyridine rings is 1. The molecular formula is C10H14BrN3O2. The number of amides is 1. The Labute approximate surface area is 102 Å². The minimum absolute atomic E-state index is 0.0937. The average Bonchev–Trinajstić information content (AvgIpc) is 2.29. The Morgan fingerprint density at radius 1 is 1.75 bits per heavy atom. The topological polar surface area (TPSA) is 79.5 Å². The van der Waals surface area contributed by atoms with Crippen molar-refractivity contribution in [2.45, 2.75) is 13.0 Å². The molecule has 3 N–H and O–H groups in total. The van der Waals surface area contributed by atoms with E-state index in [1.165, 1.54) is 11.1 Å². The van der Waals surface area contributed by atoms with E-state index in [1.54, 1.807) is 20.0 Å². The number of nitrogen functional groups attached to an aromatic ring is 1. The van der Waals surface area contributed by atoms with E-state index in [-0.39, 0.29) is 24.4 Å². The standard InChI is InChI=1S/C10H14BrN3O2/c1-6(5-15)14(2)10(16)8-3-7(11)4-13-9(8)12/h3-4,6,15H,5H2,1-2H3,(H2,12,13). The summed E-state index contributed by atoms with van der Waals surface area (Å²) >= 11 is 3.23. The molecule has 88 valence electrons. The highest BCUT2D eigenvalue weighted by molar-refractivity contribution is 9.10. The fourth-order valence-corrected chi connectivity index (χ4v) is 1.47. The Hall–Kier alpha value is -1.14. The summed E-state index contributed by atoms with van der Waals surface area (Å²) in [7, 11) is 1.61. The van der Waals surface area contributed by atoms with E-state index >= 15 is 0 Å². The molecule has 1 atom stereocenters. The number of aliphatic hydroxyl groups is 1. The maximum Gasteiger partial charge on any atom is 0.257 e. The van der Waals surface area contributed by atoms with Gasteiger partial charge in [0.15, 0.2) is 0 Å². The number of hydrogen-bond acceptors (Lipinski definition) is 4. The lowest BCUT2D eigenvalue weighted by Crippen LogP contribution is -2.37. The molecule has 0 aliphatic heterocycles. The molecular weight excluding hydrogens is 274 g/mol. The van der Waals surface area contributed by atoms with Crippen LogP contribution >= 0.6 is 15.9 Å². The van der Waals surface area contributed by atoms with Crippen molar-refractivity contribution in [2.24, 2.45) is 0 Å². The van der Waals surface area contributed by atoms with E-state index < -0.39 is 0 Å². The first-order valence-corrected chi connectivity index (χ1v) is 5.55. The van der Waals surface area contributed by atoms with Crippen molar-refractivity contribution < 1.29 is 9.90 Å². The van der Waals surface area contributed by atoms with Gasteiger partial charge in [-0.25, -0.2) is 4.98 Å². The van der Waals surface area contributed by atoms with Gasteiger partial charge in [-0.05, 0) is 28.9 Å². The van der Waals surface area contributed by atoms with Crippen LogP contribution in [0.2, 0.25) is 0 Å². The zero-order valence-electron chi connectivity index (χ0n) is 9.14. The van der Waals surface area contributed by atoms with Crippen LogP contribution in [0.15, 0.2) is 16.7 Å². The van der Waals surface area contributed by atoms with Gasteiger partial charge >= 0.3 is 0 Å². The molecule has 0 saturated heterocycles. The van der Waals surface area contributed by atoms with Crippen molar-refractivity contribution in [1.82, 2.24) is 9.88 Å². The second kappa shape index (κ2) is 5.27. The Kier molecular flexibility index (Phi) is 4.26. The van der Waals surface area contributed by atoms with Gasteiger partial charge in [0.1, 0.15) is 5.82 Å². The number of aromatic nitrogens is 1. The Morgan fingerprint density at radius 3 is 2.94 bits per heavy atom. The van der Waals surface area contributed by atoms with Crippen molar-refractivity contribution in [3.8, 4) is 0 Å². The maximum absolute atomic E-state index is 12.0. The lowest BCUT2D eigenvalue weighted by Gasteiger charge is -2.23. The van der Waals surface area contributed by atoms with Crippen LogP contribution in [0, 0.1) is 0 Å². The van der Waals surface area contributed by atoms with Crippen LogP contribution in [-0.4, -0.2) is 40.6 Å². The SMILES string of the molecule is CC(CO)N(C)C(=O)c1cc(Br)cnc1N. The van der Waals surface area contributed by atoms with E-state index in [1.807, 2.05) is 0 Å². The van der Waals surface area contributed by atoms with Gasteiger partial charge in [-0.15, -0.1) is 0 Å². The highest BCUT2D eigenvalue weighted by Crippen LogP contribution is 2.17. The zero-order chi connectivity index (χ0) is 12.3. The summed E-state index contributed by atoms with van der Waals surface area (Å²) in [5.74, 6) is -0.0713. The van der Waals surface area contributed by atoms with Gasteiger partial charge in [-0.1, -0.05) is 0 Å². The van der Waals surface area contributed by atoms with Gasteiger partial charge < -0.3 is 15.7 Å². The third-order valence-corrected chi connectivity index (χ3v) is 2.79. The summed E-state index contributed by atoms with van der Waals surface area (Å²) in [6, 6.07) is 1.36. The molecule has 16 heavy (non-hydrogen) atoms.